The Morgan fingerprint density at radius 2 is 2.00 bits per heavy atom. The van der Waals surface area contributed by atoms with Crippen molar-refractivity contribution in [1.29, 1.82) is 0 Å². The maximum atomic E-state index is 13.2. The number of aryl methyl sites for hydroxylation is 1. The number of fused-ring (bicyclic) bond motifs is 1. The first-order valence-corrected chi connectivity index (χ1v) is 10.4. The number of carbonyl (C=O) groups excluding carboxylic acids is 1. The number of imidazole rings is 1. The number of rotatable bonds is 5. The van der Waals surface area contributed by atoms with Gasteiger partial charge in [-0.3, -0.25) is 9.89 Å². The molecule has 3 aromatic heterocycles. The average Bonchev–Trinajstić information content (AvgIpc) is 3.39. The summed E-state index contributed by atoms with van der Waals surface area (Å²) < 4.78 is 29.8. The molecule has 0 aliphatic rings. The van der Waals surface area contributed by atoms with Crippen LogP contribution < -0.4 is 5.32 Å². The maximum Gasteiger partial charge on any atom is 0.268 e. The third-order valence-electron chi connectivity index (χ3n) is 5.08. The molecule has 0 atom stereocenters. The lowest BCUT2D eigenvalue weighted by molar-refractivity contribution is 0.0941. The molecule has 150 valence electrons. The maximum absolute atomic E-state index is 13.2. The van der Waals surface area contributed by atoms with Crippen molar-refractivity contribution in [2.24, 2.45) is 14.1 Å². The van der Waals surface area contributed by atoms with E-state index in [9.17, 15) is 13.2 Å². The van der Waals surface area contributed by atoms with Crippen molar-refractivity contribution in [1.82, 2.24) is 29.6 Å². The molecule has 0 saturated heterocycles. The van der Waals surface area contributed by atoms with E-state index < -0.39 is 9.84 Å². The smallest absolute Gasteiger partial charge is 0.268 e. The molecule has 9 nitrogen and oxygen atoms in total. The number of nitrogens with zero attached hydrogens (tertiary/aromatic N) is 4. The van der Waals surface area contributed by atoms with Gasteiger partial charge in [0.1, 0.15) is 5.69 Å². The van der Waals surface area contributed by atoms with Crippen LogP contribution in [0, 0.1) is 6.92 Å². The molecular formula is C19H20N6O3S. The van der Waals surface area contributed by atoms with Crippen molar-refractivity contribution in [3.63, 3.8) is 0 Å². The molecule has 4 rings (SSSR count). The van der Waals surface area contributed by atoms with Crippen molar-refractivity contribution in [2.45, 2.75) is 23.3 Å². The fourth-order valence-electron chi connectivity index (χ4n) is 3.19. The van der Waals surface area contributed by atoms with Crippen molar-refractivity contribution in [3.8, 4) is 0 Å². The molecule has 0 bridgehead atoms. The Labute approximate surface area is 167 Å². The first-order valence-electron chi connectivity index (χ1n) is 8.87. The van der Waals surface area contributed by atoms with Crippen LogP contribution >= 0.6 is 0 Å². The predicted octanol–water partition coefficient (Wildman–Crippen LogP) is 1.71. The topological polar surface area (TPSA) is 115 Å². The van der Waals surface area contributed by atoms with Crippen molar-refractivity contribution >= 4 is 26.6 Å². The Kier molecular flexibility index (Phi) is 4.50. The van der Waals surface area contributed by atoms with E-state index in [2.05, 4.69) is 20.5 Å². The number of hydrogen-bond acceptors (Lipinski definition) is 5. The van der Waals surface area contributed by atoms with E-state index in [0.717, 1.165) is 11.2 Å². The van der Waals surface area contributed by atoms with Gasteiger partial charge in [0.2, 0.25) is 9.84 Å². The van der Waals surface area contributed by atoms with Gasteiger partial charge in [0.05, 0.1) is 40.1 Å². The van der Waals surface area contributed by atoms with Gasteiger partial charge in [-0.15, -0.1) is 0 Å². The molecule has 0 unspecified atom stereocenters. The van der Waals surface area contributed by atoms with Gasteiger partial charge in [-0.25, -0.2) is 13.4 Å². The minimum Gasteiger partial charge on any atom is -0.345 e. The third-order valence-corrected chi connectivity index (χ3v) is 6.95. The summed E-state index contributed by atoms with van der Waals surface area (Å²) in [6.45, 7) is 1.97. The average molecular weight is 412 g/mol. The highest BCUT2D eigenvalue weighted by atomic mass is 32.2. The third kappa shape index (κ3) is 3.21. The summed E-state index contributed by atoms with van der Waals surface area (Å²) >= 11 is 0. The molecule has 1 amide bonds. The summed E-state index contributed by atoms with van der Waals surface area (Å²) in [6, 6.07) is 6.20. The number of carbonyl (C=O) groups is 1. The number of benzene rings is 1. The summed E-state index contributed by atoms with van der Waals surface area (Å²) in [6.07, 6.45) is 4.89. The standard InChI is InChI=1S/C19H20N6O3S/c1-12-18(29(27,28)15-4-5-16-13(6-15)8-22-23-16)7-17(25(12)3)19(26)21-10-14-9-20-11-24(14)2/h4-9,11H,10H2,1-3H3,(H,21,26)(H,22,23). The number of H-pyrrole nitrogens is 1. The van der Waals surface area contributed by atoms with Crippen LogP contribution in [0.25, 0.3) is 10.9 Å². The van der Waals surface area contributed by atoms with Crippen LogP contribution in [-0.4, -0.2) is 38.6 Å². The highest BCUT2D eigenvalue weighted by molar-refractivity contribution is 7.91. The summed E-state index contributed by atoms with van der Waals surface area (Å²) in [5.41, 5.74) is 2.35. The number of amides is 1. The van der Waals surface area contributed by atoms with E-state index in [1.54, 1.807) is 54.0 Å². The molecule has 0 spiro atoms. The van der Waals surface area contributed by atoms with Gasteiger partial charge in [-0.05, 0) is 31.2 Å². The lowest BCUT2D eigenvalue weighted by Crippen LogP contribution is -2.25. The first kappa shape index (κ1) is 18.9. The number of nitrogens with one attached hydrogen (secondary N) is 2. The number of aromatic amines is 1. The van der Waals surface area contributed by atoms with Crippen molar-refractivity contribution in [3.05, 3.63) is 60.1 Å². The second-order valence-electron chi connectivity index (χ2n) is 6.84. The lowest BCUT2D eigenvalue weighted by Gasteiger charge is -2.07. The van der Waals surface area contributed by atoms with E-state index in [0.29, 0.717) is 17.6 Å². The van der Waals surface area contributed by atoms with Gasteiger partial charge in [0.15, 0.2) is 0 Å². The molecule has 29 heavy (non-hydrogen) atoms. The first-order chi connectivity index (χ1) is 13.8. The fraction of sp³-hybridized carbons (Fsp3) is 0.211. The Hall–Kier alpha value is -3.40. The molecule has 0 aliphatic heterocycles. The van der Waals surface area contributed by atoms with Gasteiger partial charge in [0, 0.05) is 31.4 Å². The molecule has 4 aromatic rings. The Balaban J connectivity index is 1.66. The van der Waals surface area contributed by atoms with Gasteiger partial charge in [-0.2, -0.15) is 5.10 Å². The molecule has 0 aliphatic carbocycles. The van der Waals surface area contributed by atoms with Crippen LogP contribution in [0.4, 0.5) is 0 Å². The Bertz CT molecular complexity index is 1330. The minimum atomic E-state index is -3.80. The number of sulfone groups is 1. The quantitative estimate of drug-likeness (QED) is 0.518. The zero-order valence-electron chi connectivity index (χ0n) is 16.2. The van der Waals surface area contributed by atoms with Gasteiger partial charge in [-0.1, -0.05) is 0 Å². The Morgan fingerprint density at radius 3 is 2.72 bits per heavy atom. The molecule has 1 aromatic carbocycles. The van der Waals surface area contributed by atoms with Crippen LogP contribution in [0.2, 0.25) is 0 Å². The van der Waals surface area contributed by atoms with Crippen LogP contribution in [0.5, 0.6) is 0 Å². The van der Waals surface area contributed by atoms with Gasteiger partial charge in [0.25, 0.3) is 5.91 Å². The summed E-state index contributed by atoms with van der Waals surface area (Å²) in [4.78, 5) is 16.9. The monoisotopic (exact) mass is 412 g/mol. The summed E-state index contributed by atoms with van der Waals surface area (Å²) in [5.74, 6) is -0.358. The molecule has 10 heteroatoms. The molecule has 3 heterocycles. The summed E-state index contributed by atoms with van der Waals surface area (Å²) in [7, 11) is -0.286. The molecule has 0 radical (unpaired) electrons. The fourth-order valence-corrected chi connectivity index (χ4v) is 4.77. The highest BCUT2D eigenvalue weighted by Crippen LogP contribution is 2.28. The van der Waals surface area contributed by atoms with E-state index >= 15 is 0 Å². The molecule has 0 fully saturated rings. The van der Waals surface area contributed by atoms with Crippen molar-refractivity contribution < 1.29 is 13.2 Å². The van der Waals surface area contributed by atoms with E-state index in [1.807, 2.05) is 7.05 Å². The van der Waals surface area contributed by atoms with Crippen LogP contribution in [0.3, 0.4) is 0 Å². The SMILES string of the molecule is Cc1c(S(=O)(=O)c2ccc3[nH]ncc3c2)cc(C(=O)NCc2cncn2C)n1C. The predicted molar refractivity (Wildman–Crippen MR) is 106 cm³/mol. The van der Waals surface area contributed by atoms with Crippen LogP contribution in [0.15, 0.2) is 52.8 Å². The van der Waals surface area contributed by atoms with Crippen LogP contribution in [-0.2, 0) is 30.5 Å². The summed E-state index contributed by atoms with van der Waals surface area (Å²) in [5, 5.41) is 10.2. The second kappa shape index (κ2) is 6.89. The highest BCUT2D eigenvalue weighted by Gasteiger charge is 2.26. The van der Waals surface area contributed by atoms with E-state index in [4.69, 9.17) is 0 Å². The number of hydrogen-bond donors (Lipinski definition) is 2. The molecule has 2 N–H and O–H groups in total. The van der Waals surface area contributed by atoms with E-state index in [1.165, 1.54) is 12.1 Å². The molecular weight excluding hydrogens is 392 g/mol. The van der Waals surface area contributed by atoms with E-state index in [-0.39, 0.29) is 21.4 Å². The van der Waals surface area contributed by atoms with Gasteiger partial charge < -0.3 is 14.5 Å². The zero-order valence-corrected chi connectivity index (χ0v) is 17.0. The minimum absolute atomic E-state index is 0.105. The normalized spacial score (nSPS) is 11.8. The van der Waals surface area contributed by atoms with Gasteiger partial charge >= 0.3 is 0 Å². The lowest BCUT2D eigenvalue weighted by atomic mass is 10.3. The largest absolute Gasteiger partial charge is 0.345 e. The second-order valence-corrected chi connectivity index (χ2v) is 8.76. The van der Waals surface area contributed by atoms with Crippen LogP contribution in [0.1, 0.15) is 21.9 Å². The molecule has 0 saturated carbocycles. The van der Waals surface area contributed by atoms with Crippen molar-refractivity contribution in [2.75, 3.05) is 0 Å². The Morgan fingerprint density at radius 1 is 1.21 bits per heavy atom. The number of aromatic nitrogens is 5. The zero-order chi connectivity index (χ0) is 20.8.